The fourth-order valence-electron chi connectivity index (χ4n) is 4.16. The largest absolute Gasteiger partial charge is 0.493 e. The standard InChI is InChI=1S/C24H26N2O4/c1-14-11-18(25)5-7-20(14)24-26-22(15(2)30-24)9-10-29-19-6-8-21-16(12-19)3-4-17(21)13-23(27)28/h5-8,11-12,17H,3-4,9-10,13,25H2,1-2H3,(H,27,28)/t17-/m0/s1. The highest BCUT2D eigenvalue weighted by Gasteiger charge is 2.25. The zero-order valence-corrected chi connectivity index (χ0v) is 17.3. The van der Waals surface area contributed by atoms with Gasteiger partial charge in [0.05, 0.1) is 18.7 Å². The molecule has 0 bridgehead atoms. The molecule has 2 aromatic carbocycles. The lowest BCUT2D eigenvalue weighted by atomic mass is 9.98. The number of nitrogens with zero attached hydrogens (tertiary/aromatic N) is 1. The summed E-state index contributed by atoms with van der Waals surface area (Å²) in [5, 5.41) is 9.06. The molecule has 0 aliphatic heterocycles. The number of carboxylic acids is 1. The number of rotatable bonds is 7. The molecule has 1 heterocycles. The number of anilines is 1. The highest BCUT2D eigenvalue weighted by molar-refractivity contribution is 5.68. The lowest BCUT2D eigenvalue weighted by Gasteiger charge is -2.10. The molecule has 0 radical (unpaired) electrons. The molecule has 156 valence electrons. The Morgan fingerprint density at radius 3 is 2.87 bits per heavy atom. The van der Waals surface area contributed by atoms with Crippen molar-refractivity contribution < 1.29 is 19.1 Å². The van der Waals surface area contributed by atoms with Crippen molar-refractivity contribution in [3.63, 3.8) is 0 Å². The van der Waals surface area contributed by atoms with Gasteiger partial charge in [-0.1, -0.05) is 6.07 Å². The van der Waals surface area contributed by atoms with E-state index in [0.29, 0.717) is 18.9 Å². The van der Waals surface area contributed by atoms with Crippen LogP contribution >= 0.6 is 0 Å². The molecule has 1 aromatic heterocycles. The van der Waals surface area contributed by atoms with Gasteiger partial charge in [-0.25, -0.2) is 4.98 Å². The molecule has 6 heteroatoms. The van der Waals surface area contributed by atoms with E-state index in [0.717, 1.165) is 52.4 Å². The zero-order chi connectivity index (χ0) is 21.3. The van der Waals surface area contributed by atoms with E-state index in [-0.39, 0.29) is 12.3 Å². The predicted molar refractivity (Wildman–Crippen MR) is 115 cm³/mol. The van der Waals surface area contributed by atoms with Crippen LogP contribution in [0, 0.1) is 13.8 Å². The Morgan fingerprint density at radius 1 is 1.27 bits per heavy atom. The molecule has 1 aliphatic carbocycles. The number of nitrogens with two attached hydrogens (primary N) is 1. The van der Waals surface area contributed by atoms with E-state index in [9.17, 15) is 4.79 Å². The summed E-state index contributed by atoms with van der Waals surface area (Å²) in [6.45, 7) is 4.39. The van der Waals surface area contributed by atoms with Gasteiger partial charge in [0.25, 0.3) is 0 Å². The number of aliphatic carboxylic acids is 1. The number of oxazole rings is 1. The number of fused-ring (bicyclic) bond motifs is 1. The van der Waals surface area contributed by atoms with Crippen LogP contribution in [0.2, 0.25) is 0 Å². The fourth-order valence-corrected chi connectivity index (χ4v) is 4.16. The minimum atomic E-state index is -0.746. The Balaban J connectivity index is 1.39. The molecule has 3 aromatic rings. The van der Waals surface area contributed by atoms with Gasteiger partial charge in [-0.3, -0.25) is 4.79 Å². The summed E-state index contributed by atoms with van der Waals surface area (Å²) in [5.74, 6) is 1.56. The third kappa shape index (κ3) is 4.17. The van der Waals surface area contributed by atoms with Crippen molar-refractivity contribution in [1.82, 2.24) is 4.98 Å². The molecule has 4 rings (SSSR count). The summed E-state index contributed by atoms with van der Waals surface area (Å²) in [6.07, 6.45) is 2.62. The van der Waals surface area contributed by atoms with Crippen LogP contribution in [0.15, 0.2) is 40.8 Å². The van der Waals surface area contributed by atoms with Gasteiger partial charge in [0.1, 0.15) is 11.5 Å². The maximum absolute atomic E-state index is 11.0. The Morgan fingerprint density at radius 2 is 2.10 bits per heavy atom. The maximum Gasteiger partial charge on any atom is 0.303 e. The SMILES string of the molecule is Cc1cc(N)ccc1-c1nc(CCOc2ccc3c(c2)CC[C@H]3CC(=O)O)c(C)o1. The number of aryl methyl sites for hydroxylation is 3. The van der Waals surface area contributed by atoms with Gasteiger partial charge in [0.2, 0.25) is 5.89 Å². The predicted octanol–water partition coefficient (Wildman–Crippen LogP) is 4.67. The Kier molecular flexibility index (Phi) is 5.48. The average Bonchev–Trinajstić information content (AvgIpc) is 3.25. The van der Waals surface area contributed by atoms with Crippen LogP contribution in [0.4, 0.5) is 5.69 Å². The Labute approximate surface area is 175 Å². The molecule has 0 saturated heterocycles. The molecule has 1 aliphatic rings. The molecule has 0 fully saturated rings. The first-order valence-electron chi connectivity index (χ1n) is 10.2. The van der Waals surface area contributed by atoms with Crippen molar-refractivity contribution in [3.8, 4) is 17.2 Å². The van der Waals surface area contributed by atoms with Gasteiger partial charge in [-0.05, 0) is 79.6 Å². The van der Waals surface area contributed by atoms with Gasteiger partial charge in [0, 0.05) is 17.7 Å². The van der Waals surface area contributed by atoms with Crippen LogP contribution in [0.3, 0.4) is 0 Å². The van der Waals surface area contributed by atoms with Crippen LogP contribution in [-0.2, 0) is 17.6 Å². The average molecular weight is 406 g/mol. The monoisotopic (exact) mass is 406 g/mol. The number of carboxylic acid groups (broad SMARTS) is 1. The summed E-state index contributed by atoms with van der Waals surface area (Å²) in [4.78, 5) is 15.7. The molecule has 0 spiro atoms. The topological polar surface area (TPSA) is 98.6 Å². The van der Waals surface area contributed by atoms with E-state index in [2.05, 4.69) is 4.98 Å². The van der Waals surface area contributed by atoms with Gasteiger partial charge in [-0.2, -0.15) is 0 Å². The van der Waals surface area contributed by atoms with Crippen LogP contribution in [0.1, 0.15) is 46.9 Å². The minimum Gasteiger partial charge on any atom is -0.493 e. The lowest BCUT2D eigenvalue weighted by molar-refractivity contribution is -0.137. The highest BCUT2D eigenvalue weighted by atomic mass is 16.5. The molecule has 30 heavy (non-hydrogen) atoms. The van der Waals surface area contributed by atoms with Crippen molar-refractivity contribution in [1.29, 1.82) is 0 Å². The molecule has 0 amide bonds. The molecular weight excluding hydrogens is 380 g/mol. The second-order valence-electron chi connectivity index (χ2n) is 7.89. The van der Waals surface area contributed by atoms with E-state index in [1.165, 1.54) is 5.56 Å². The normalized spacial score (nSPS) is 15.2. The van der Waals surface area contributed by atoms with Crippen molar-refractivity contribution in [3.05, 3.63) is 64.5 Å². The third-order valence-electron chi connectivity index (χ3n) is 5.72. The second kappa shape index (κ2) is 8.22. The third-order valence-corrected chi connectivity index (χ3v) is 5.72. The number of aromatic nitrogens is 1. The van der Waals surface area contributed by atoms with Crippen LogP contribution in [-0.4, -0.2) is 22.7 Å². The number of hydrogen-bond donors (Lipinski definition) is 2. The van der Waals surface area contributed by atoms with E-state index < -0.39 is 5.97 Å². The maximum atomic E-state index is 11.0. The summed E-state index contributed by atoms with van der Waals surface area (Å²) < 4.78 is 11.8. The number of benzene rings is 2. The minimum absolute atomic E-state index is 0.111. The molecule has 0 unspecified atom stereocenters. The fraction of sp³-hybridized carbons (Fsp3) is 0.333. The van der Waals surface area contributed by atoms with Gasteiger partial charge >= 0.3 is 5.97 Å². The first-order valence-corrected chi connectivity index (χ1v) is 10.2. The second-order valence-corrected chi connectivity index (χ2v) is 7.89. The summed E-state index contributed by atoms with van der Waals surface area (Å²) in [5.41, 5.74) is 11.7. The van der Waals surface area contributed by atoms with Gasteiger partial charge in [-0.15, -0.1) is 0 Å². The number of ether oxygens (including phenoxy) is 1. The molecule has 0 saturated carbocycles. The van der Waals surface area contributed by atoms with E-state index in [4.69, 9.17) is 20.0 Å². The number of nitrogen functional groups attached to an aromatic ring is 1. The van der Waals surface area contributed by atoms with E-state index in [1.54, 1.807) is 0 Å². The molecule has 6 nitrogen and oxygen atoms in total. The molecule has 3 N–H and O–H groups in total. The van der Waals surface area contributed by atoms with Crippen molar-refractivity contribution in [2.24, 2.45) is 0 Å². The van der Waals surface area contributed by atoms with Gasteiger partial charge < -0.3 is 20.0 Å². The van der Waals surface area contributed by atoms with Crippen molar-refractivity contribution >= 4 is 11.7 Å². The molecular formula is C24H26N2O4. The van der Waals surface area contributed by atoms with Crippen LogP contribution in [0.5, 0.6) is 5.75 Å². The summed E-state index contributed by atoms with van der Waals surface area (Å²) >= 11 is 0. The first kappa shape index (κ1) is 20.0. The van der Waals surface area contributed by atoms with E-state index >= 15 is 0 Å². The number of hydrogen-bond acceptors (Lipinski definition) is 5. The van der Waals surface area contributed by atoms with Gasteiger partial charge in [0.15, 0.2) is 0 Å². The lowest BCUT2D eigenvalue weighted by Crippen LogP contribution is -2.04. The van der Waals surface area contributed by atoms with Crippen molar-refractivity contribution in [2.45, 2.75) is 45.4 Å². The first-order chi connectivity index (χ1) is 14.4. The molecule has 1 atom stereocenters. The Hall–Kier alpha value is -3.28. The smallest absolute Gasteiger partial charge is 0.303 e. The van der Waals surface area contributed by atoms with Crippen molar-refractivity contribution in [2.75, 3.05) is 12.3 Å². The zero-order valence-electron chi connectivity index (χ0n) is 17.3. The quantitative estimate of drug-likeness (QED) is 0.554. The van der Waals surface area contributed by atoms with Crippen LogP contribution in [0.25, 0.3) is 11.5 Å². The Bertz CT molecular complexity index is 1090. The number of carbonyl (C=O) groups is 1. The van der Waals surface area contributed by atoms with E-state index in [1.807, 2.05) is 50.2 Å². The van der Waals surface area contributed by atoms with Crippen LogP contribution < -0.4 is 10.5 Å². The summed E-state index contributed by atoms with van der Waals surface area (Å²) in [6, 6.07) is 11.7. The summed E-state index contributed by atoms with van der Waals surface area (Å²) in [7, 11) is 0. The highest BCUT2D eigenvalue weighted by Crippen LogP contribution is 2.37.